The van der Waals surface area contributed by atoms with Gasteiger partial charge >= 0.3 is 0 Å². The maximum atomic E-state index is 9.73. The van der Waals surface area contributed by atoms with Crippen molar-refractivity contribution in [1.29, 1.82) is 10.7 Å². The molecule has 2 unspecified atom stereocenters. The molecular weight excluding hydrogens is 332 g/mol. The van der Waals surface area contributed by atoms with Crippen molar-refractivity contribution in [1.82, 2.24) is 10.3 Å². The van der Waals surface area contributed by atoms with E-state index in [2.05, 4.69) is 26.7 Å². The van der Waals surface area contributed by atoms with Crippen LogP contribution in [-0.2, 0) is 5.41 Å². The van der Waals surface area contributed by atoms with Crippen LogP contribution in [0, 0.1) is 22.2 Å². The van der Waals surface area contributed by atoms with E-state index >= 15 is 0 Å². The first-order valence-electron chi connectivity index (χ1n) is 8.31. The second-order valence-electron chi connectivity index (χ2n) is 6.95. The Kier molecular flexibility index (Phi) is 3.62. The Morgan fingerprint density at radius 3 is 2.92 bits per heavy atom. The number of pyridine rings is 1. The van der Waals surface area contributed by atoms with E-state index in [-0.39, 0.29) is 10.8 Å². The zero-order chi connectivity index (χ0) is 17.7. The van der Waals surface area contributed by atoms with Gasteiger partial charge in [0.25, 0.3) is 0 Å². The minimum absolute atomic E-state index is 0.0668. The molecule has 6 nitrogen and oxygen atoms in total. The van der Waals surface area contributed by atoms with Crippen LogP contribution in [-0.4, -0.2) is 28.7 Å². The maximum Gasteiger partial charge on any atom is 0.119 e. The van der Waals surface area contributed by atoms with Crippen LogP contribution in [0.15, 0.2) is 29.2 Å². The van der Waals surface area contributed by atoms with Crippen LogP contribution in [0.1, 0.15) is 37.4 Å². The Hall–Kier alpha value is -2.33. The summed E-state index contributed by atoms with van der Waals surface area (Å²) >= 11 is 1.66. The molecule has 0 amide bonds. The minimum atomic E-state index is -0.433. The van der Waals surface area contributed by atoms with Crippen molar-refractivity contribution in [3.8, 4) is 6.07 Å². The van der Waals surface area contributed by atoms with Crippen molar-refractivity contribution < 1.29 is 0 Å². The molecule has 2 aliphatic carbocycles. The Bertz CT molecular complexity index is 848. The van der Waals surface area contributed by atoms with Crippen molar-refractivity contribution in [2.45, 2.75) is 37.0 Å². The average molecular weight is 352 g/mol. The van der Waals surface area contributed by atoms with Crippen molar-refractivity contribution in [3.63, 3.8) is 0 Å². The van der Waals surface area contributed by atoms with Crippen molar-refractivity contribution >= 4 is 29.5 Å². The van der Waals surface area contributed by atoms with Crippen LogP contribution in [0.3, 0.4) is 0 Å². The third-order valence-electron chi connectivity index (χ3n) is 5.41. The molecule has 3 N–H and O–H groups in total. The number of aliphatic imine (C=N–C) groups is 1. The molecule has 4 rings (SSSR count). The third-order valence-corrected chi connectivity index (χ3v) is 6.14. The van der Waals surface area contributed by atoms with E-state index in [0.717, 1.165) is 42.3 Å². The fourth-order valence-corrected chi connectivity index (χ4v) is 4.23. The monoisotopic (exact) mass is 352 g/mol. The highest BCUT2D eigenvalue weighted by molar-refractivity contribution is 7.99. The predicted octanol–water partition coefficient (Wildman–Crippen LogP) is 2.99. The highest BCUT2D eigenvalue weighted by atomic mass is 32.2. The smallest absolute Gasteiger partial charge is 0.119 e. The van der Waals surface area contributed by atoms with Gasteiger partial charge < -0.3 is 16.0 Å². The van der Waals surface area contributed by atoms with Crippen LogP contribution >= 0.6 is 11.8 Å². The molecule has 2 heterocycles. The van der Waals surface area contributed by atoms with Gasteiger partial charge in [-0.3, -0.25) is 9.98 Å². The fraction of sp³-hybridized carbons (Fsp3) is 0.444. The second-order valence-corrected chi connectivity index (χ2v) is 7.90. The molecular formula is C18H20N6S. The molecule has 7 heteroatoms. The van der Waals surface area contributed by atoms with E-state index < -0.39 is 5.41 Å². The summed E-state index contributed by atoms with van der Waals surface area (Å²) in [5, 5.41) is 24.0. The van der Waals surface area contributed by atoms with Crippen LogP contribution in [0.4, 0.5) is 5.69 Å². The third kappa shape index (κ3) is 2.52. The van der Waals surface area contributed by atoms with Crippen molar-refractivity contribution in [3.05, 3.63) is 35.4 Å². The average Bonchev–Trinajstić information content (AvgIpc) is 3.53. The summed E-state index contributed by atoms with van der Waals surface area (Å²) in [7, 11) is 0. The van der Waals surface area contributed by atoms with Gasteiger partial charge in [0.05, 0.1) is 17.5 Å². The van der Waals surface area contributed by atoms with E-state index in [1.54, 1.807) is 18.0 Å². The summed E-state index contributed by atoms with van der Waals surface area (Å²) in [6.07, 6.45) is 10.2. The number of rotatable bonds is 5. The first-order valence-corrected chi connectivity index (χ1v) is 9.60. The molecule has 0 aromatic carbocycles. The lowest BCUT2D eigenvalue weighted by Crippen LogP contribution is -2.30. The molecule has 1 aromatic heterocycles. The number of nitrogens with zero attached hydrogens (tertiary/aromatic N) is 3. The van der Waals surface area contributed by atoms with Gasteiger partial charge in [0.15, 0.2) is 0 Å². The van der Waals surface area contributed by atoms with Crippen molar-refractivity contribution in [2.75, 3.05) is 11.6 Å². The SMILES string of the molecule is CSC1C=C(Nc2cc(C3(C#N)CC34CC4)ncc2C=N)NC(C)=N1. The molecule has 25 heavy (non-hydrogen) atoms. The van der Waals surface area contributed by atoms with Gasteiger partial charge in [-0.1, -0.05) is 0 Å². The topological polar surface area (TPSA) is 97.0 Å². The zero-order valence-corrected chi connectivity index (χ0v) is 15.1. The molecule has 0 radical (unpaired) electrons. The summed E-state index contributed by atoms with van der Waals surface area (Å²) in [6.45, 7) is 1.93. The molecule has 1 aromatic rings. The van der Waals surface area contributed by atoms with Gasteiger partial charge in [-0.2, -0.15) is 5.26 Å². The summed E-state index contributed by atoms with van der Waals surface area (Å²) in [6, 6.07) is 4.45. The Labute approximate surface area is 151 Å². The van der Waals surface area contributed by atoms with Gasteiger partial charge in [-0.05, 0) is 50.0 Å². The number of nitrogens with one attached hydrogen (secondary N) is 3. The van der Waals surface area contributed by atoms with Crippen LogP contribution < -0.4 is 10.6 Å². The van der Waals surface area contributed by atoms with E-state index in [1.807, 2.05) is 25.3 Å². The molecule has 1 aliphatic heterocycles. The standard InChI is InChI=1S/C18H20N6S/c1-11-22-15(6-16(23-11)25-2)24-13-5-14(21-8-12(13)7-19)18(10-20)9-17(18)3-4-17/h5-8,16,19H,3-4,9H2,1-2H3,(H,21,24)(H,22,23). The lowest BCUT2D eigenvalue weighted by molar-refractivity contribution is 0.714. The fourth-order valence-electron chi connectivity index (χ4n) is 3.70. The van der Waals surface area contributed by atoms with Gasteiger partial charge in [-0.15, -0.1) is 11.8 Å². The number of nitriles is 1. The molecule has 2 fully saturated rings. The van der Waals surface area contributed by atoms with Gasteiger partial charge in [0, 0.05) is 18.0 Å². The summed E-state index contributed by atoms with van der Waals surface area (Å²) in [4.78, 5) is 9.00. The number of aromatic nitrogens is 1. The lowest BCUT2D eigenvalue weighted by atomic mass is 9.98. The molecule has 0 bridgehead atoms. The molecule has 1 spiro atoms. The highest BCUT2D eigenvalue weighted by Crippen LogP contribution is 2.78. The summed E-state index contributed by atoms with van der Waals surface area (Å²) in [5.41, 5.74) is 2.06. The molecule has 128 valence electrons. The second kappa shape index (κ2) is 5.60. The number of anilines is 1. The first kappa shape index (κ1) is 16.2. The quantitative estimate of drug-likeness (QED) is 0.708. The van der Waals surface area contributed by atoms with E-state index in [1.165, 1.54) is 6.21 Å². The minimum Gasteiger partial charge on any atom is -0.341 e. The normalized spacial score (nSPS) is 28.3. The Morgan fingerprint density at radius 1 is 1.52 bits per heavy atom. The van der Waals surface area contributed by atoms with Gasteiger partial charge in [0.2, 0.25) is 0 Å². The lowest BCUT2D eigenvalue weighted by Gasteiger charge is -2.22. The number of amidine groups is 1. The van der Waals surface area contributed by atoms with Crippen LogP contribution in [0.2, 0.25) is 0 Å². The molecule has 2 saturated carbocycles. The molecule has 0 saturated heterocycles. The van der Waals surface area contributed by atoms with Crippen molar-refractivity contribution in [2.24, 2.45) is 10.4 Å². The molecule has 3 aliphatic rings. The number of thioether (sulfide) groups is 1. The van der Waals surface area contributed by atoms with Crippen LogP contribution in [0.25, 0.3) is 0 Å². The first-order chi connectivity index (χ1) is 12.1. The van der Waals surface area contributed by atoms with Crippen LogP contribution in [0.5, 0.6) is 0 Å². The van der Waals surface area contributed by atoms with Gasteiger partial charge in [0.1, 0.15) is 22.4 Å². The predicted molar refractivity (Wildman–Crippen MR) is 101 cm³/mol. The molecule has 2 atom stereocenters. The van der Waals surface area contributed by atoms with E-state index in [4.69, 9.17) is 5.41 Å². The maximum absolute atomic E-state index is 9.73. The Balaban J connectivity index is 1.65. The van der Waals surface area contributed by atoms with E-state index in [0.29, 0.717) is 5.56 Å². The number of hydrogen-bond acceptors (Lipinski definition) is 7. The zero-order valence-electron chi connectivity index (χ0n) is 14.3. The van der Waals surface area contributed by atoms with Gasteiger partial charge in [-0.25, -0.2) is 0 Å². The highest BCUT2D eigenvalue weighted by Gasteiger charge is 2.76. The Morgan fingerprint density at radius 2 is 2.32 bits per heavy atom. The summed E-state index contributed by atoms with van der Waals surface area (Å²) < 4.78 is 0. The largest absolute Gasteiger partial charge is 0.341 e. The van der Waals surface area contributed by atoms with E-state index in [9.17, 15) is 5.26 Å². The summed E-state index contributed by atoms with van der Waals surface area (Å²) in [5.74, 6) is 1.69. The number of hydrogen-bond donors (Lipinski definition) is 3.